The Morgan fingerprint density at radius 2 is 1.94 bits per heavy atom. The van der Waals surface area contributed by atoms with Crippen LogP contribution in [0.3, 0.4) is 0 Å². The lowest BCUT2D eigenvalue weighted by Crippen LogP contribution is -2.54. The van der Waals surface area contributed by atoms with Gasteiger partial charge in [0.2, 0.25) is 5.91 Å². The molecule has 1 saturated heterocycles. The topological polar surface area (TPSA) is 32.3 Å². The number of nitrogens with zero attached hydrogens (tertiary/aromatic N) is 1. The molecule has 0 aromatic heterocycles. The zero-order valence-electron chi connectivity index (χ0n) is 10.5. The van der Waals surface area contributed by atoms with Crippen molar-refractivity contribution in [3.63, 3.8) is 0 Å². The fraction of sp³-hybridized carbons (Fsp3) is 0.923. The zero-order chi connectivity index (χ0) is 11.5. The predicted octanol–water partition coefficient (Wildman–Crippen LogP) is 1.78. The first-order valence-corrected chi connectivity index (χ1v) is 6.71. The van der Waals surface area contributed by atoms with Gasteiger partial charge in [0.15, 0.2) is 0 Å². The number of carbonyl (C=O) groups is 1. The molecule has 92 valence electrons. The number of rotatable bonds is 2. The Morgan fingerprint density at radius 3 is 2.69 bits per heavy atom. The van der Waals surface area contributed by atoms with Crippen LogP contribution in [0.1, 0.15) is 45.4 Å². The number of piperidine rings is 1. The fourth-order valence-electron chi connectivity index (χ4n) is 3.27. The molecule has 1 saturated carbocycles. The van der Waals surface area contributed by atoms with Crippen molar-refractivity contribution in [1.82, 2.24) is 10.2 Å². The summed E-state index contributed by atoms with van der Waals surface area (Å²) in [5.41, 5.74) is 0. The summed E-state index contributed by atoms with van der Waals surface area (Å²) in [6.45, 7) is 2.95. The van der Waals surface area contributed by atoms with Crippen molar-refractivity contribution in [3.05, 3.63) is 0 Å². The van der Waals surface area contributed by atoms with Crippen molar-refractivity contribution >= 4 is 5.91 Å². The van der Waals surface area contributed by atoms with E-state index in [1.165, 1.54) is 38.5 Å². The van der Waals surface area contributed by atoms with E-state index in [2.05, 4.69) is 10.2 Å². The molecule has 1 amide bonds. The number of hydrogen-bond acceptors (Lipinski definition) is 2. The highest BCUT2D eigenvalue weighted by Gasteiger charge is 2.36. The Kier molecular flexibility index (Phi) is 3.85. The minimum absolute atomic E-state index is 0.0272. The molecule has 1 N–H and O–H groups in total. The standard InChI is InChI=1S/C13H24N2O/c1-10(14-2)13(16)15-9-5-7-11-6-3-4-8-12(11)15/h10-12,14H,3-9H2,1-2H3. The summed E-state index contributed by atoms with van der Waals surface area (Å²) in [5, 5.41) is 3.07. The van der Waals surface area contributed by atoms with Gasteiger partial charge in [-0.15, -0.1) is 0 Å². The molecule has 0 aromatic rings. The average Bonchev–Trinajstić information content (AvgIpc) is 2.36. The van der Waals surface area contributed by atoms with Crippen LogP contribution in [0.25, 0.3) is 0 Å². The third kappa shape index (κ3) is 2.24. The highest BCUT2D eigenvalue weighted by Crippen LogP contribution is 2.35. The summed E-state index contributed by atoms with van der Waals surface area (Å²) in [6.07, 6.45) is 7.77. The van der Waals surface area contributed by atoms with Crippen molar-refractivity contribution in [2.75, 3.05) is 13.6 Å². The molecule has 3 unspecified atom stereocenters. The number of amides is 1. The summed E-state index contributed by atoms with van der Waals surface area (Å²) in [7, 11) is 1.87. The molecule has 3 nitrogen and oxygen atoms in total. The number of likely N-dealkylation sites (N-methyl/N-ethyl adjacent to an activating group) is 1. The summed E-state index contributed by atoms with van der Waals surface area (Å²) < 4.78 is 0. The fourth-order valence-corrected chi connectivity index (χ4v) is 3.27. The van der Waals surface area contributed by atoms with Gasteiger partial charge in [0, 0.05) is 12.6 Å². The van der Waals surface area contributed by atoms with Gasteiger partial charge >= 0.3 is 0 Å². The predicted molar refractivity (Wildman–Crippen MR) is 65.2 cm³/mol. The van der Waals surface area contributed by atoms with E-state index < -0.39 is 0 Å². The van der Waals surface area contributed by atoms with Crippen LogP contribution in [-0.2, 0) is 4.79 Å². The third-order valence-corrected chi connectivity index (χ3v) is 4.33. The lowest BCUT2D eigenvalue weighted by molar-refractivity contribution is -0.139. The van der Waals surface area contributed by atoms with Gasteiger partial charge in [-0.2, -0.15) is 0 Å². The largest absolute Gasteiger partial charge is 0.338 e. The zero-order valence-corrected chi connectivity index (χ0v) is 10.5. The first-order valence-electron chi connectivity index (χ1n) is 6.71. The van der Waals surface area contributed by atoms with Crippen LogP contribution < -0.4 is 5.32 Å². The van der Waals surface area contributed by atoms with Gasteiger partial charge in [-0.25, -0.2) is 0 Å². The first-order chi connectivity index (χ1) is 7.74. The average molecular weight is 224 g/mol. The monoisotopic (exact) mass is 224 g/mol. The van der Waals surface area contributed by atoms with Crippen molar-refractivity contribution in [1.29, 1.82) is 0 Å². The molecule has 0 bridgehead atoms. The molecular weight excluding hydrogens is 200 g/mol. The minimum atomic E-state index is -0.0272. The second-order valence-electron chi connectivity index (χ2n) is 5.30. The minimum Gasteiger partial charge on any atom is -0.338 e. The van der Waals surface area contributed by atoms with Gasteiger partial charge in [-0.05, 0) is 45.6 Å². The van der Waals surface area contributed by atoms with Crippen molar-refractivity contribution < 1.29 is 4.79 Å². The Bertz CT molecular complexity index is 252. The Labute approximate surface area is 98.6 Å². The van der Waals surface area contributed by atoms with Gasteiger partial charge in [-0.1, -0.05) is 12.8 Å². The van der Waals surface area contributed by atoms with E-state index >= 15 is 0 Å². The van der Waals surface area contributed by atoms with E-state index in [0.29, 0.717) is 11.9 Å². The van der Waals surface area contributed by atoms with Crippen LogP contribution in [0, 0.1) is 5.92 Å². The molecule has 1 heterocycles. The molecule has 2 fully saturated rings. The molecule has 3 heteroatoms. The van der Waals surface area contributed by atoms with Crippen molar-refractivity contribution in [2.45, 2.75) is 57.5 Å². The summed E-state index contributed by atoms with van der Waals surface area (Å²) in [5.74, 6) is 1.09. The summed E-state index contributed by atoms with van der Waals surface area (Å²) >= 11 is 0. The van der Waals surface area contributed by atoms with E-state index in [-0.39, 0.29) is 6.04 Å². The van der Waals surface area contributed by atoms with Crippen LogP contribution in [-0.4, -0.2) is 36.5 Å². The van der Waals surface area contributed by atoms with Crippen LogP contribution in [0.4, 0.5) is 0 Å². The Hall–Kier alpha value is -0.570. The second kappa shape index (κ2) is 5.17. The van der Waals surface area contributed by atoms with Crippen LogP contribution in [0.15, 0.2) is 0 Å². The van der Waals surface area contributed by atoms with E-state index in [1.54, 1.807) is 0 Å². The lowest BCUT2D eigenvalue weighted by Gasteiger charge is -2.45. The molecule has 2 aliphatic rings. The smallest absolute Gasteiger partial charge is 0.239 e. The molecule has 1 aliphatic carbocycles. The number of nitrogens with one attached hydrogen (secondary N) is 1. The van der Waals surface area contributed by atoms with E-state index in [0.717, 1.165) is 12.5 Å². The molecule has 16 heavy (non-hydrogen) atoms. The summed E-state index contributed by atoms with van der Waals surface area (Å²) in [4.78, 5) is 14.4. The number of carbonyl (C=O) groups excluding carboxylic acids is 1. The molecule has 1 aliphatic heterocycles. The van der Waals surface area contributed by atoms with E-state index in [4.69, 9.17) is 0 Å². The number of likely N-dealkylation sites (tertiary alicyclic amines) is 1. The molecule has 2 rings (SSSR count). The van der Waals surface area contributed by atoms with Crippen LogP contribution >= 0.6 is 0 Å². The molecule has 0 aromatic carbocycles. The van der Waals surface area contributed by atoms with Crippen LogP contribution in [0.2, 0.25) is 0 Å². The maximum Gasteiger partial charge on any atom is 0.239 e. The summed E-state index contributed by atoms with van der Waals surface area (Å²) in [6, 6.07) is 0.520. The highest BCUT2D eigenvalue weighted by atomic mass is 16.2. The quantitative estimate of drug-likeness (QED) is 0.775. The van der Waals surface area contributed by atoms with Crippen molar-refractivity contribution in [3.8, 4) is 0 Å². The molecule has 3 atom stereocenters. The molecular formula is C13H24N2O. The Balaban J connectivity index is 2.04. The van der Waals surface area contributed by atoms with Crippen LogP contribution in [0.5, 0.6) is 0 Å². The number of fused-ring (bicyclic) bond motifs is 1. The maximum absolute atomic E-state index is 12.2. The van der Waals surface area contributed by atoms with Gasteiger partial charge in [-0.3, -0.25) is 4.79 Å². The SMILES string of the molecule is CNC(C)C(=O)N1CCCC2CCCCC21. The lowest BCUT2D eigenvalue weighted by atomic mass is 9.78. The maximum atomic E-state index is 12.2. The molecule has 0 spiro atoms. The van der Waals surface area contributed by atoms with Gasteiger partial charge in [0.05, 0.1) is 6.04 Å². The first kappa shape index (κ1) is 11.9. The van der Waals surface area contributed by atoms with Gasteiger partial charge < -0.3 is 10.2 Å². The number of hydrogen-bond donors (Lipinski definition) is 1. The Morgan fingerprint density at radius 1 is 1.25 bits per heavy atom. The van der Waals surface area contributed by atoms with E-state index in [9.17, 15) is 4.79 Å². The third-order valence-electron chi connectivity index (χ3n) is 4.33. The van der Waals surface area contributed by atoms with Gasteiger partial charge in [0.1, 0.15) is 0 Å². The van der Waals surface area contributed by atoms with E-state index in [1.807, 2.05) is 14.0 Å². The van der Waals surface area contributed by atoms with Gasteiger partial charge in [0.25, 0.3) is 0 Å². The highest BCUT2D eigenvalue weighted by molar-refractivity contribution is 5.81. The van der Waals surface area contributed by atoms with Crippen molar-refractivity contribution in [2.24, 2.45) is 5.92 Å². The normalized spacial score (nSPS) is 32.0. The molecule has 0 radical (unpaired) electrons. The second-order valence-corrected chi connectivity index (χ2v) is 5.30.